The quantitative estimate of drug-likeness (QED) is 0.460. The molecule has 36 heavy (non-hydrogen) atoms. The van der Waals surface area contributed by atoms with Gasteiger partial charge in [-0.15, -0.1) is 0 Å². The molecule has 0 saturated carbocycles. The van der Waals surface area contributed by atoms with E-state index < -0.39 is 0 Å². The summed E-state index contributed by atoms with van der Waals surface area (Å²) in [5, 5.41) is 13.2. The number of hydrogen-bond donors (Lipinski definition) is 3. The van der Waals surface area contributed by atoms with Gasteiger partial charge in [0.05, 0.1) is 31.1 Å². The molecule has 4 heterocycles. The van der Waals surface area contributed by atoms with E-state index in [1.807, 2.05) is 15.7 Å². The summed E-state index contributed by atoms with van der Waals surface area (Å²) in [6.07, 6.45) is 6.39. The van der Waals surface area contributed by atoms with Crippen molar-refractivity contribution >= 4 is 23.5 Å². The average molecular weight is 491 g/mol. The monoisotopic (exact) mass is 490 g/mol. The third-order valence-corrected chi connectivity index (χ3v) is 7.39. The van der Waals surface area contributed by atoms with E-state index >= 15 is 0 Å². The average Bonchev–Trinajstić information content (AvgIpc) is 3.50. The summed E-state index contributed by atoms with van der Waals surface area (Å²) in [4.78, 5) is 30.0. The van der Waals surface area contributed by atoms with Crippen LogP contribution in [0, 0.1) is 20.8 Å². The van der Waals surface area contributed by atoms with Crippen molar-refractivity contribution in [3.05, 3.63) is 52.6 Å². The van der Waals surface area contributed by atoms with Crippen LogP contribution in [0.2, 0.25) is 0 Å². The normalized spacial score (nSPS) is 17.9. The minimum atomic E-state index is -0.349. The molecule has 0 aliphatic carbocycles. The predicted molar refractivity (Wildman–Crippen MR) is 139 cm³/mol. The maximum Gasteiger partial charge on any atom is 0.231 e. The summed E-state index contributed by atoms with van der Waals surface area (Å²) < 4.78 is 1.98. The first kappa shape index (κ1) is 24.2. The Bertz CT molecular complexity index is 1260. The van der Waals surface area contributed by atoms with Gasteiger partial charge in [0.2, 0.25) is 11.9 Å². The lowest BCUT2D eigenvalue weighted by Gasteiger charge is -2.32. The lowest BCUT2D eigenvalue weighted by Crippen LogP contribution is -2.40. The lowest BCUT2D eigenvalue weighted by molar-refractivity contribution is -0.119. The number of hydrogen-bond acceptors (Lipinski definition) is 8. The van der Waals surface area contributed by atoms with E-state index in [-0.39, 0.29) is 25.1 Å². The van der Waals surface area contributed by atoms with Crippen molar-refractivity contribution in [1.82, 2.24) is 24.4 Å². The van der Waals surface area contributed by atoms with E-state index in [4.69, 9.17) is 15.7 Å². The first-order valence-electron chi connectivity index (χ1n) is 12.5. The largest absolute Gasteiger partial charge is 0.394 e. The predicted octanol–water partition coefficient (Wildman–Crippen LogP) is 2.14. The summed E-state index contributed by atoms with van der Waals surface area (Å²) in [6, 6.07) is 4.35. The van der Waals surface area contributed by atoms with Gasteiger partial charge in [-0.25, -0.2) is 9.97 Å². The smallest absolute Gasteiger partial charge is 0.231 e. The second-order valence-electron chi connectivity index (χ2n) is 9.89. The molecule has 2 aromatic heterocycles. The van der Waals surface area contributed by atoms with E-state index in [2.05, 4.69) is 48.1 Å². The van der Waals surface area contributed by atoms with Gasteiger partial charge < -0.3 is 25.6 Å². The Morgan fingerprint density at radius 1 is 1.19 bits per heavy atom. The highest BCUT2D eigenvalue weighted by molar-refractivity contribution is 5.76. The van der Waals surface area contributed by atoms with Gasteiger partial charge in [-0.1, -0.05) is 0 Å². The Kier molecular flexibility index (Phi) is 6.63. The minimum Gasteiger partial charge on any atom is -0.394 e. The molecule has 190 valence electrons. The molecule has 0 radical (unpaired) electrons. The van der Waals surface area contributed by atoms with Crippen LogP contribution in [0.15, 0.2) is 24.7 Å². The molecular formula is C26H34N8O2. The summed E-state index contributed by atoms with van der Waals surface area (Å²) in [5.41, 5.74) is 12.2. The molecular weight excluding hydrogens is 456 g/mol. The SMILES string of the molecule is Cc1cc(-n2cnc(Nc3nc4c(c(N5CCC[C@H]5CO)n3)CCN(CC(N)=O)C4)c2)cc(C)c1C. The molecule has 1 aromatic carbocycles. The van der Waals surface area contributed by atoms with Crippen molar-refractivity contribution < 1.29 is 9.90 Å². The maximum atomic E-state index is 11.5. The van der Waals surface area contributed by atoms with E-state index in [1.165, 1.54) is 16.7 Å². The zero-order chi connectivity index (χ0) is 25.4. The number of nitrogens with two attached hydrogens (primary N) is 1. The van der Waals surface area contributed by atoms with Gasteiger partial charge in [0, 0.05) is 30.9 Å². The maximum absolute atomic E-state index is 11.5. The van der Waals surface area contributed by atoms with Crippen molar-refractivity contribution in [2.45, 2.75) is 52.6 Å². The van der Waals surface area contributed by atoms with Crippen LogP contribution in [0.5, 0.6) is 0 Å². The van der Waals surface area contributed by atoms with Crippen molar-refractivity contribution in [3.8, 4) is 5.69 Å². The molecule has 1 amide bonds. The first-order valence-corrected chi connectivity index (χ1v) is 12.5. The highest BCUT2D eigenvalue weighted by atomic mass is 16.3. The van der Waals surface area contributed by atoms with Crippen LogP contribution in [0.1, 0.15) is 40.8 Å². The number of aryl methyl sites for hydroxylation is 2. The van der Waals surface area contributed by atoms with Crippen LogP contribution in [-0.4, -0.2) is 67.7 Å². The fourth-order valence-corrected chi connectivity index (χ4v) is 5.22. The Balaban J connectivity index is 1.46. The van der Waals surface area contributed by atoms with Crippen LogP contribution < -0.4 is 16.0 Å². The van der Waals surface area contributed by atoms with Crippen molar-refractivity contribution in [2.75, 3.05) is 36.5 Å². The number of nitrogens with zero attached hydrogens (tertiary/aromatic N) is 6. The second kappa shape index (κ2) is 9.87. The fraction of sp³-hybridized carbons (Fsp3) is 0.462. The number of aliphatic hydroxyl groups is 1. The van der Waals surface area contributed by atoms with Crippen LogP contribution in [0.25, 0.3) is 5.69 Å². The fourth-order valence-electron chi connectivity index (χ4n) is 5.22. The molecule has 10 nitrogen and oxygen atoms in total. The summed E-state index contributed by atoms with van der Waals surface area (Å²) in [5.74, 6) is 1.61. The molecule has 0 spiro atoms. The number of primary amides is 1. The van der Waals surface area contributed by atoms with Crippen molar-refractivity contribution in [2.24, 2.45) is 5.73 Å². The van der Waals surface area contributed by atoms with E-state index in [0.717, 1.165) is 55.1 Å². The van der Waals surface area contributed by atoms with Crippen molar-refractivity contribution in [3.63, 3.8) is 0 Å². The first-order chi connectivity index (χ1) is 17.3. The third-order valence-electron chi connectivity index (χ3n) is 7.39. The summed E-state index contributed by atoms with van der Waals surface area (Å²) in [7, 11) is 0. The zero-order valence-corrected chi connectivity index (χ0v) is 21.2. The Morgan fingerprint density at radius 2 is 1.97 bits per heavy atom. The molecule has 1 saturated heterocycles. The number of rotatable bonds is 7. The number of carbonyl (C=O) groups excluding carboxylic acids is 1. The van der Waals surface area contributed by atoms with Gasteiger partial charge in [-0.05, 0) is 68.9 Å². The molecule has 0 bridgehead atoms. The van der Waals surface area contributed by atoms with Crippen LogP contribution in [-0.2, 0) is 17.8 Å². The number of amides is 1. The Hall–Kier alpha value is -3.50. The summed E-state index contributed by atoms with van der Waals surface area (Å²) in [6.45, 7) is 8.74. The van der Waals surface area contributed by atoms with E-state index in [1.54, 1.807) is 6.33 Å². The lowest BCUT2D eigenvalue weighted by atomic mass is 10.0. The highest BCUT2D eigenvalue weighted by Gasteiger charge is 2.31. The number of fused-ring (bicyclic) bond motifs is 1. The van der Waals surface area contributed by atoms with Crippen molar-refractivity contribution in [1.29, 1.82) is 0 Å². The highest BCUT2D eigenvalue weighted by Crippen LogP contribution is 2.33. The number of carbonyl (C=O) groups is 1. The molecule has 4 N–H and O–H groups in total. The standard InChI is InChI=1S/C26H34N8O2/c1-16-9-20(10-17(2)18(16)3)33-13-24(28-15-33)30-26-29-22-11-32(12-23(27)36)8-6-21(22)25(31-26)34-7-4-5-19(34)14-35/h9-10,13,15,19,35H,4-8,11-12,14H2,1-3H3,(H2,27,36)(H,29,30,31)/t19-/m0/s1. The molecule has 2 aliphatic heterocycles. The minimum absolute atomic E-state index is 0.0488. The Morgan fingerprint density at radius 3 is 2.69 bits per heavy atom. The molecule has 3 aromatic rings. The number of imidazole rings is 1. The van der Waals surface area contributed by atoms with E-state index in [9.17, 15) is 9.90 Å². The third kappa shape index (κ3) is 4.78. The van der Waals surface area contributed by atoms with Crippen LogP contribution in [0.3, 0.4) is 0 Å². The second-order valence-corrected chi connectivity index (χ2v) is 9.89. The number of nitrogens with one attached hydrogen (secondary N) is 1. The number of aliphatic hydroxyl groups excluding tert-OH is 1. The molecule has 0 unspecified atom stereocenters. The van der Waals surface area contributed by atoms with E-state index in [0.29, 0.717) is 18.3 Å². The number of anilines is 3. The number of benzene rings is 1. The van der Waals surface area contributed by atoms with Gasteiger partial charge in [-0.3, -0.25) is 9.69 Å². The molecule has 1 atom stereocenters. The topological polar surface area (TPSA) is 125 Å². The van der Waals surface area contributed by atoms with Gasteiger partial charge in [0.25, 0.3) is 0 Å². The zero-order valence-electron chi connectivity index (χ0n) is 21.2. The number of aromatic nitrogens is 4. The van der Waals surface area contributed by atoms with Crippen LogP contribution in [0.4, 0.5) is 17.6 Å². The molecule has 5 rings (SSSR count). The van der Waals surface area contributed by atoms with Crippen LogP contribution >= 0.6 is 0 Å². The van der Waals surface area contributed by atoms with Gasteiger partial charge in [-0.2, -0.15) is 4.98 Å². The Labute approximate surface area is 211 Å². The van der Waals surface area contributed by atoms with Gasteiger partial charge in [0.1, 0.15) is 12.1 Å². The van der Waals surface area contributed by atoms with Gasteiger partial charge in [0.15, 0.2) is 5.82 Å². The molecule has 1 fully saturated rings. The molecule has 2 aliphatic rings. The molecule has 10 heteroatoms. The summed E-state index contributed by atoms with van der Waals surface area (Å²) >= 11 is 0. The van der Waals surface area contributed by atoms with Gasteiger partial charge >= 0.3 is 0 Å².